The Balaban J connectivity index is 1.38. The summed E-state index contributed by atoms with van der Waals surface area (Å²) in [5, 5.41) is 0. The van der Waals surface area contributed by atoms with Crippen molar-refractivity contribution in [3.63, 3.8) is 0 Å². The Morgan fingerprint density at radius 1 is 0.914 bits per heavy atom. The zero-order valence-electron chi connectivity index (χ0n) is 19.7. The number of methoxy groups -OCH3 is 1. The number of hydrogen-bond acceptors (Lipinski definition) is 5. The molecular weight excluding hydrogens is 444 g/mol. The lowest BCUT2D eigenvalue weighted by Gasteiger charge is -2.23. The third-order valence-corrected chi connectivity index (χ3v) is 6.30. The van der Waals surface area contributed by atoms with Crippen molar-refractivity contribution in [1.82, 2.24) is 4.90 Å². The number of fused-ring (bicyclic) bond motifs is 1. The van der Waals surface area contributed by atoms with E-state index in [1.165, 1.54) is 0 Å². The van der Waals surface area contributed by atoms with Gasteiger partial charge in [-0.05, 0) is 79.9 Å². The second-order valence-electron chi connectivity index (χ2n) is 8.65. The van der Waals surface area contributed by atoms with E-state index in [0.717, 1.165) is 29.1 Å². The summed E-state index contributed by atoms with van der Waals surface area (Å²) in [7, 11) is 1.62. The standard InChI is InChI=1S/C28H26N2O5/c1-3-35-23-13-9-21(10-14-23)30-27(32)24-15-6-19(16-25(24)28(30)33)26(31)29(20-7-8-20)17-18-4-11-22(34-2)12-5-18/h4-6,9-16,20H,3,7-8,17H2,1-2H3. The van der Waals surface area contributed by atoms with Crippen LogP contribution in [-0.4, -0.2) is 42.4 Å². The summed E-state index contributed by atoms with van der Waals surface area (Å²) in [4.78, 5) is 42.7. The van der Waals surface area contributed by atoms with E-state index >= 15 is 0 Å². The van der Waals surface area contributed by atoms with Gasteiger partial charge >= 0.3 is 0 Å². The first-order valence-corrected chi connectivity index (χ1v) is 11.7. The van der Waals surface area contributed by atoms with Crippen molar-refractivity contribution in [2.45, 2.75) is 32.4 Å². The SMILES string of the molecule is CCOc1ccc(N2C(=O)c3ccc(C(=O)N(Cc4ccc(OC)cc4)C4CC4)cc3C2=O)cc1. The minimum absolute atomic E-state index is 0.147. The number of anilines is 1. The van der Waals surface area contributed by atoms with Gasteiger partial charge in [-0.1, -0.05) is 12.1 Å². The predicted molar refractivity (Wildman–Crippen MR) is 131 cm³/mol. The largest absolute Gasteiger partial charge is 0.497 e. The highest BCUT2D eigenvalue weighted by Gasteiger charge is 2.38. The summed E-state index contributed by atoms with van der Waals surface area (Å²) in [5.74, 6) is 0.447. The summed E-state index contributed by atoms with van der Waals surface area (Å²) >= 11 is 0. The molecule has 3 aromatic carbocycles. The van der Waals surface area contributed by atoms with Crippen LogP contribution in [0.5, 0.6) is 11.5 Å². The van der Waals surface area contributed by atoms with Crippen LogP contribution in [0, 0.1) is 0 Å². The highest BCUT2D eigenvalue weighted by molar-refractivity contribution is 6.34. The van der Waals surface area contributed by atoms with Crippen molar-refractivity contribution < 1.29 is 23.9 Å². The molecule has 35 heavy (non-hydrogen) atoms. The average Bonchev–Trinajstić information content (AvgIpc) is 3.70. The zero-order chi connectivity index (χ0) is 24.5. The molecule has 3 amide bonds. The molecule has 2 aliphatic rings. The third kappa shape index (κ3) is 4.37. The number of amides is 3. The summed E-state index contributed by atoms with van der Waals surface area (Å²) in [6.07, 6.45) is 1.91. The molecule has 1 aliphatic carbocycles. The van der Waals surface area contributed by atoms with E-state index < -0.39 is 11.8 Å². The predicted octanol–water partition coefficient (Wildman–Crippen LogP) is 4.70. The van der Waals surface area contributed by atoms with Crippen LogP contribution in [0.2, 0.25) is 0 Å². The van der Waals surface area contributed by atoms with Crippen LogP contribution in [-0.2, 0) is 6.54 Å². The number of ether oxygens (including phenoxy) is 2. The number of carbonyl (C=O) groups excluding carboxylic acids is 3. The summed E-state index contributed by atoms with van der Waals surface area (Å²) in [6.45, 7) is 2.88. The lowest BCUT2D eigenvalue weighted by molar-refractivity contribution is 0.0729. The fraction of sp³-hybridized carbons (Fsp3) is 0.250. The van der Waals surface area contributed by atoms with Crippen molar-refractivity contribution in [2.24, 2.45) is 0 Å². The zero-order valence-corrected chi connectivity index (χ0v) is 19.7. The monoisotopic (exact) mass is 470 g/mol. The van der Waals surface area contributed by atoms with Crippen LogP contribution in [0.3, 0.4) is 0 Å². The summed E-state index contributed by atoms with van der Waals surface area (Å²) in [5.41, 5.74) is 2.41. The normalized spacial score (nSPS) is 14.6. The van der Waals surface area contributed by atoms with Crippen LogP contribution < -0.4 is 14.4 Å². The van der Waals surface area contributed by atoms with Crippen molar-refractivity contribution in [3.8, 4) is 11.5 Å². The number of carbonyl (C=O) groups is 3. The van der Waals surface area contributed by atoms with E-state index in [1.807, 2.05) is 36.1 Å². The van der Waals surface area contributed by atoms with Gasteiger partial charge in [0.05, 0.1) is 30.5 Å². The average molecular weight is 471 g/mol. The molecule has 1 fully saturated rings. The molecule has 0 spiro atoms. The summed E-state index contributed by atoms with van der Waals surface area (Å²) < 4.78 is 10.7. The molecule has 5 rings (SSSR count). The Kier molecular flexibility index (Phi) is 5.99. The first-order valence-electron chi connectivity index (χ1n) is 11.7. The highest BCUT2D eigenvalue weighted by Crippen LogP contribution is 2.33. The van der Waals surface area contributed by atoms with Gasteiger partial charge in [-0.2, -0.15) is 0 Å². The molecule has 0 N–H and O–H groups in total. The van der Waals surface area contributed by atoms with Gasteiger partial charge in [0.25, 0.3) is 17.7 Å². The van der Waals surface area contributed by atoms with Gasteiger partial charge < -0.3 is 14.4 Å². The van der Waals surface area contributed by atoms with Gasteiger partial charge in [-0.3, -0.25) is 14.4 Å². The molecule has 7 nitrogen and oxygen atoms in total. The Morgan fingerprint density at radius 2 is 1.57 bits per heavy atom. The maximum atomic E-state index is 13.5. The Morgan fingerprint density at radius 3 is 2.20 bits per heavy atom. The van der Waals surface area contributed by atoms with E-state index in [2.05, 4.69) is 0 Å². The first kappa shape index (κ1) is 22.7. The minimum atomic E-state index is -0.433. The second kappa shape index (κ2) is 9.25. The van der Waals surface area contributed by atoms with Crippen LogP contribution >= 0.6 is 0 Å². The topological polar surface area (TPSA) is 76.2 Å². The third-order valence-electron chi connectivity index (χ3n) is 6.30. The van der Waals surface area contributed by atoms with Crippen LogP contribution in [0.15, 0.2) is 66.7 Å². The van der Waals surface area contributed by atoms with E-state index in [0.29, 0.717) is 35.7 Å². The van der Waals surface area contributed by atoms with Crippen molar-refractivity contribution in [1.29, 1.82) is 0 Å². The van der Waals surface area contributed by atoms with E-state index in [-0.39, 0.29) is 17.5 Å². The van der Waals surface area contributed by atoms with Gasteiger partial charge in [0, 0.05) is 18.2 Å². The number of rotatable bonds is 8. The quantitative estimate of drug-likeness (QED) is 0.446. The van der Waals surface area contributed by atoms with Crippen LogP contribution in [0.4, 0.5) is 5.69 Å². The van der Waals surface area contributed by atoms with Gasteiger partial charge in [-0.15, -0.1) is 0 Å². The Hall–Kier alpha value is -4.13. The first-order chi connectivity index (χ1) is 17.0. The minimum Gasteiger partial charge on any atom is -0.497 e. The van der Waals surface area contributed by atoms with Crippen LogP contribution in [0.25, 0.3) is 0 Å². The molecule has 0 radical (unpaired) electrons. The fourth-order valence-electron chi connectivity index (χ4n) is 4.31. The van der Waals surface area contributed by atoms with E-state index in [9.17, 15) is 14.4 Å². The van der Waals surface area contributed by atoms with E-state index in [4.69, 9.17) is 9.47 Å². The molecule has 178 valence electrons. The van der Waals surface area contributed by atoms with Gasteiger partial charge in [0.15, 0.2) is 0 Å². The molecule has 1 aliphatic heterocycles. The fourth-order valence-corrected chi connectivity index (χ4v) is 4.31. The van der Waals surface area contributed by atoms with Crippen molar-refractivity contribution in [3.05, 3.63) is 89.0 Å². The van der Waals surface area contributed by atoms with Gasteiger partial charge in [0.1, 0.15) is 11.5 Å². The molecular formula is C28H26N2O5. The molecule has 0 unspecified atom stereocenters. The lowest BCUT2D eigenvalue weighted by atomic mass is 10.0. The number of benzene rings is 3. The molecule has 3 aromatic rings. The Labute approximate surface area is 203 Å². The second-order valence-corrected chi connectivity index (χ2v) is 8.65. The molecule has 1 saturated carbocycles. The van der Waals surface area contributed by atoms with E-state index in [1.54, 1.807) is 49.6 Å². The summed E-state index contributed by atoms with van der Waals surface area (Å²) in [6, 6.07) is 19.4. The molecule has 0 saturated heterocycles. The maximum absolute atomic E-state index is 13.5. The molecule has 7 heteroatoms. The maximum Gasteiger partial charge on any atom is 0.266 e. The van der Waals surface area contributed by atoms with Crippen molar-refractivity contribution in [2.75, 3.05) is 18.6 Å². The smallest absolute Gasteiger partial charge is 0.266 e. The number of hydrogen-bond donors (Lipinski definition) is 0. The Bertz CT molecular complexity index is 1280. The highest BCUT2D eigenvalue weighted by atomic mass is 16.5. The number of imide groups is 1. The molecule has 0 bridgehead atoms. The van der Waals surface area contributed by atoms with Crippen molar-refractivity contribution >= 4 is 23.4 Å². The molecule has 1 heterocycles. The molecule has 0 atom stereocenters. The number of nitrogens with zero attached hydrogens (tertiary/aromatic N) is 2. The lowest BCUT2D eigenvalue weighted by Crippen LogP contribution is -2.32. The van der Waals surface area contributed by atoms with Crippen LogP contribution in [0.1, 0.15) is 56.4 Å². The molecule has 0 aromatic heterocycles. The van der Waals surface area contributed by atoms with Gasteiger partial charge in [-0.25, -0.2) is 4.90 Å². The van der Waals surface area contributed by atoms with Gasteiger partial charge in [0.2, 0.25) is 0 Å².